The van der Waals surface area contributed by atoms with Crippen molar-refractivity contribution in [2.24, 2.45) is 0 Å². The Balaban J connectivity index is 1.48. The Morgan fingerprint density at radius 2 is 1.97 bits per heavy atom. The molecule has 8 nitrogen and oxygen atoms in total. The third-order valence-corrected chi connectivity index (χ3v) is 5.93. The van der Waals surface area contributed by atoms with E-state index in [4.69, 9.17) is 16.3 Å². The third-order valence-electron chi connectivity index (χ3n) is 5.52. The molecule has 1 N–H and O–H groups in total. The van der Waals surface area contributed by atoms with E-state index in [0.717, 1.165) is 11.1 Å². The average molecular weight is 442 g/mol. The van der Waals surface area contributed by atoms with E-state index in [2.05, 4.69) is 5.32 Å². The molecule has 2 heterocycles. The number of anilines is 1. The molecule has 2 aliphatic rings. The summed E-state index contributed by atoms with van der Waals surface area (Å²) in [6, 6.07) is 9.34. The molecule has 1 unspecified atom stereocenters. The second-order valence-corrected chi connectivity index (χ2v) is 7.99. The quantitative estimate of drug-likeness (QED) is 0.738. The number of hydrogen-bond acceptors (Lipinski definition) is 5. The molecule has 2 aliphatic heterocycles. The molecule has 0 spiro atoms. The zero-order chi connectivity index (χ0) is 22.3. The number of benzene rings is 2. The van der Waals surface area contributed by atoms with Gasteiger partial charge < -0.3 is 9.64 Å². The van der Waals surface area contributed by atoms with Crippen LogP contribution >= 0.6 is 11.6 Å². The van der Waals surface area contributed by atoms with E-state index in [-0.39, 0.29) is 37.0 Å². The van der Waals surface area contributed by atoms with Crippen molar-refractivity contribution >= 4 is 41.1 Å². The predicted molar refractivity (Wildman–Crippen MR) is 113 cm³/mol. The number of nitrogens with one attached hydrogen (secondary N) is 1. The van der Waals surface area contributed by atoms with E-state index in [1.807, 2.05) is 6.92 Å². The van der Waals surface area contributed by atoms with Gasteiger partial charge in [-0.2, -0.15) is 0 Å². The van der Waals surface area contributed by atoms with E-state index < -0.39 is 18.0 Å². The molecular formula is C22H20ClN3O5. The lowest BCUT2D eigenvalue weighted by Gasteiger charge is -2.29. The van der Waals surface area contributed by atoms with Gasteiger partial charge >= 0.3 is 6.09 Å². The monoisotopic (exact) mass is 441 g/mol. The highest BCUT2D eigenvalue weighted by atomic mass is 35.5. The fourth-order valence-corrected chi connectivity index (χ4v) is 3.84. The van der Waals surface area contributed by atoms with Crippen LogP contribution in [-0.4, -0.2) is 41.8 Å². The zero-order valence-electron chi connectivity index (χ0n) is 17.0. The maximum absolute atomic E-state index is 12.9. The van der Waals surface area contributed by atoms with E-state index >= 15 is 0 Å². The van der Waals surface area contributed by atoms with Crippen LogP contribution < -0.4 is 15.0 Å². The lowest BCUT2D eigenvalue weighted by molar-refractivity contribution is -0.136. The van der Waals surface area contributed by atoms with Crippen molar-refractivity contribution in [1.29, 1.82) is 0 Å². The Bertz CT molecular complexity index is 1120. The molecule has 0 bridgehead atoms. The van der Waals surface area contributed by atoms with Gasteiger partial charge in [-0.05, 0) is 48.7 Å². The highest BCUT2D eigenvalue weighted by Crippen LogP contribution is 2.30. The predicted octanol–water partition coefficient (Wildman–Crippen LogP) is 3.04. The first-order valence-electron chi connectivity index (χ1n) is 9.74. The summed E-state index contributed by atoms with van der Waals surface area (Å²) in [6.45, 7) is 2.13. The molecule has 2 aromatic rings. The van der Waals surface area contributed by atoms with E-state index in [1.54, 1.807) is 37.4 Å². The second kappa shape index (κ2) is 8.03. The second-order valence-electron chi connectivity index (χ2n) is 7.58. The summed E-state index contributed by atoms with van der Waals surface area (Å²) < 4.78 is 5.44. The van der Waals surface area contributed by atoms with Gasteiger partial charge in [0.1, 0.15) is 11.8 Å². The number of amides is 4. The first-order chi connectivity index (χ1) is 14.7. The van der Waals surface area contributed by atoms with Gasteiger partial charge in [0.05, 0.1) is 0 Å². The minimum absolute atomic E-state index is 0.189. The highest BCUT2D eigenvalue weighted by Gasteiger charge is 2.39. The molecule has 0 aliphatic carbocycles. The average Bonchev–Trinajstić information content (AvgIpc) is 3.05. The Labute approximate surface area is 183 Å². The normalized spacial score (nSPS) is 18.0. The molecule has 4 rings (SSSR count). The summed E-state index contributed by atoms with van der Waals surface area (Å²) in [7, 11) is 1.56. The number of carbonyl (C=O) groups is 4. The fraction of sp³-hybridized carbons (Fsp3) is 0.273. The van der Waals surface area contributed by atoms with Gasteiger partial charge in [0.2, 0.25) is 11.8 Å². The van der Waals surface area contributed by atoms with Crippen LogP contribution in [0.1, 0.15) is 34.3 Å². The minimum Gasteiger partial charge on any atom is -0.410 e. The van der Waals surface area contributed by atoms with Crippen LogP contribution in [0.3, 0.4) is 0 Å². The van der Waals surface area contributed by atoms with Gasteiger partial charge in [0.15, 0.2) is 0 Å². The maximum atomic E-state index is 12.9. The molecule has 1 saturated heterocycles. The Morgan fingerprint density at radius 3 is 2.68 bits per heavy atom. The molecule has 0 saturated carbocycles. The summed E-state index contributed by atoms with van der Waals surface area (Å²) in [5.41, 5.74) is 2.57. The van der Waals surface area contributed by atoms with Gasteiger partial charge in [0, 0.05) is 36.3 Å². The van der Waals surface area contributed by atoms with Crippen molar-refractivity contribution in [2.75, 3.05) is 11.9 Å². The van der Waals surface area contributed by atoms with Crippen LogP contribution in [0.2, 0.25) is 5.02 Å². The molecule has 160 valence electrons. The van der Waals surface area contributed by atoms with Crippen molar-refractivity contribution < 1.29 is 23.9 Å². The maximum Gasteiger partial charge on any atom is 0.419 e. The van der Waals surface area contributed by atoms with Crippen molar-refractivity contribution in [3.05, 3.63) is 58.1 Å². The van der Waals surface area contributed by atoms with Crippen LogP contribution in [0, 0.1) is 6.92 Å². The van der Waals surface area contributed by atoms with Gasteiger partial charge in [-0.25, -0.2) is 4.79 Å². The van der Waals surface area contributed by atoms with E-state index in [0.29, 0.717) is 16.3 Å². The fourth-order valence-electron chi connectivity index (χ4n) is 3.66. The van der Waals surface area contributed by atoms with Gasteiger partial charge in [-0.1, -0.05) is 23.7 Å². The third kappa shape index (κ3) is 3.98. The number of rotatable bonds is 3. The van der Waals surface area contributed by atoms with Crippen LogP contribution in [0.15, 0.2) is 36.4 Å². The summed E-state index contributed by atoms with van der Waals surface area (Å²) >= 11 is 6.13. The van der Waals surface area contributed by atoms with E-state index in [9.17, 15) is 19.2 Å². The molecule has 1 fully saturated rings. The number of imide groups is 1. The van der Waals surface area contributed by atoms with Gasteiger partial charge in [0.25, 0.3) is 5.91 Å². The summed E-state index contributed by atoms with van der Waals surface area (Å²) in [5.74, 6) is -0.922. The first-order valence-corrected chi connectivity index (χ1v) is 10.1. The number of piperidine rings is 1. The number of hydrogen-bond donors (Lipinski definition) is 1. The van der Waals surface area contributed by atoms with Gasteiger partial charge in [-0.3, -0.25) is 24.6 Å². The number of nitrogens with zero attached hydrogens (tertiary/aromatic N) is 2. The van der Waals surface area contributed by atoms with Crippen LogP contribution in [-0.2, 0) is 16.1 Å². The number of fused-ring (bicyclic) bond motifs is 1. The molecule has 1 atom stereocenters. The topological polar surface area (TPSA) is 96.0 Å². The smallest absolute Gasteiger partial charge is 0.410 e. The largest absolute Gasteiger partial charge is 0.419 e. The Morgan fingerprint density at radius 1 is 1.19 bits per heavy atom. The van der Waals surface area contributed by atoms with Crippen molar-refractivity contribution in [2.45, 2.75) is 32.4 Å². The zero-order valence-corrected chi connectivity index (χ0v) is 17.7. The number of aryl methyl sites for hydroxylation is 1. The molecule has 0 aromatic heterocycles. The standard InChI is InChI=1S/C22H20ClN3O5/c1-12-3-5-14(9-17(12)23)25(2)22(30)31-15-6-4-13-11-26(21(29)16(13)10-15)18-7-8-19(27)24-20(18)28/h3-6,9-10,18H,7-8,11H2,1-2H3,(H,24,27,28). The number of carbonyl (C=O) groups excluding carboxylic acids is 4. The van der Waals surface area contributed by atoms with Crippen molar-refractivity contribution in [1.82, 2.24) is 10.2 Å². The summed E-state index contributed by atoms with van der Waals surface area (Å²) in [5, 5.41) is 2.81. The summed E-state index contributed by atoms with van der Waals surface area (Å²) in [6.07, 6.45) is -0.155. The lowest BCUT2D eigenvalue weighted by Crippen LogP contribution is -2.52. The molecular weight excluding hydrogens is 422 g/mol. The summed E-state index contributed by atoms with van der Waals surface area (Å²) in [4.78, 5) is 51.7. The van der Waals surface area contributed by atoms with Crippen LogP contribution in [0.5, 0.6) is 5.75 Å². The lowest BCUT2D eigenvalue weighted by atomic mass is 10.0. The van der Waals surface area contributed by atoms with Crippen molar-refractivity contribution in [3.8, 4) is 5.75 Å². The Hall–Kier alpha value is -3.39. The SMILES string of the molecule is Cc1ccc(N(C)C(=O)Oc2ccc3c(c2)C(=O)N(C2CCC(=O)NC2=O)C3)cc1Cl. The number of ether oxygens (including phenoxy) is 1. The molecule has 9 heteroatoms. The molecule has 2 aromatic carbocycles. The molecule has 31 heavy (non-hydrogen) atoms. The molecule has 4 amide bonds. The van der Waals surface area contributed by atoms with E-state index in [1.165, 1.54) is 15.9 Å². The van der Waals surface area contributed by atoms with Crippen LogP contribution in [0.25, 0.3) is 0 Å². The highest BCUT2D eigenvalue weighted by molar-refractivity contribution is 6.31. The number of halogens is 1. The Kier molecular flexibility index (Phi) is 5.41. The van der Waals surface area contributed by atoms with Crippen molar-refractivity contribution in [3.63, 3.8) is 0 Å². The van der Waals surface area contributed by atoms with Gasteiger partial charge in [-0.15, -0.1) is 0 Å². The molecule has 0 radical (unpaired) electrons. The van der Waals surface area contributed by atoms with Crippen LogP contribution in [0.4, 0.5) is 10.5 Å². The first kappa shape index (κ1) is 20.9. The minimum atomic E-state index is -0.694.